The van der Waals surface area contributed by atoms with Crippen LogP contribution in [0.1, 0.15) is 30.9 Å². The summed E-state index contributed by atoms with van der Waals surface area (Å²) in [7, 11) is 0. The van der Waals surface area contributed by atoms with Crippen LogP contribution in [0.25, 0.3) is 11.0 Å². The molecule has 0 aliphatic heterocycles. The van der Waals surface area contributed by atoms with E-state index < -0.39 is 0 Å². The molecule has 2 aromatic heterocycles. The van der Waals surface area contributed by atoms with Gasteiger partial charge in [-0.2, -0.15) is 0 Å². The number of amides is 1. The summed E-state index contributed by atoms with van der Waals surface area (Å²) in [5.74, 6) is 0.743. The summed E-state index contributed by atoms with van der Waals surface area (Å²) >= 11 is 0. The van der Waals surface area contributed by atoms with Gasteiger partial charge in [0.1, 0.15) is 12.4 Å². The third-order valence-electron chi connectivity index (χ3n) is 3.64. The molecule has 0 saturated carbocycles. The number of hydrogen-bond acceptors (Lipinski definition) is 3. The number of fused-ring (bicyclic) bond motifs is 1. The number of hydrogen-bond donors (Lipinski definition) is 2. The number of nitrogens with one attached hydrogen (secondary N) is 2. The largest absolute Gasteiger partial charge is 0.345 e. The van der Waals surface area contributed by atoms with E-state index in [2.05, 4.69) is 20.3 Å². The Morgan fingerprint density at radius 2 is 2.18 bits per heavy atom. The normalized spacial score (nSPS) is 12.5. The second kappa shape index (κ2) is 6.01. The molecule has 1 amide bonds. The molecular weight excluding hydrogens is 278 g/mol. The Kier molecular flexibility index (Phi) is 3.91. The van der Waals surface area contributed by atoms with Crippen molar-refractivity contribution in [2.75, 3.05) is 0 Å². The Morgan fingerprint density at radius 3 is 2.91 bits per heavy atom. The smallest absolute Gasteiger partial charge is 0.240 e. The summed E-state index contributed by atoms with van der Waals surface area (Å²) in [6.45, 7) is 4.22. The lowest BCUT2D eigenvalue weighted by Gasteiger charge is -2.15. The van der Waals surface area contributed by atoms with Crippen LogP contribution in [0.2, 0.25) is 0 Å². The van der Waals surface area contributed by atoms with Crippen LogP contribution in [0.5, 0.6) is 0 Å². The van der Waals surface area contributed by atoms with E-state index in [4.69, 9.17) is 0 Å². The topological polar surface area (TPSA) is 75.6 Å². The fraction of sp³-hybridized carbons (Fsp3) is 0.312. The molecule has 0 saturated heterocycles. The minimum Gasteiger partial charge on any atom is -0.345 e. The van der Waals surface area contributed by atoms with Crippen LogP contribution in [-0.4, -0.2) is 25.4 Å². The average Bonchev–Trinajstić information content (AvgIpc) is 3.12. The van der Waals surface area contributed by atoms with Crippen molar-refractivity contribution in [1.29, 1.82) is 0 Å². The molecule has 22 heavy (non-hydrogen) atoms. The lowest BCUT2D eigenvalue weighted by atomic mass is 10.2. The van der Waals surface area contributed by atoms with Crippen LogP contribution in [0.4, 0.5) is 0 Å². The molecule has 0 radical (unpaired) electrons. The van der Waals surface area contributed by atoms with Gasteiger partial charge in [-0.15, -0.1) is 0 Å². The summed E-state index contributed by atoms with van der Waals surface area (Å²) in [4.78, 5) is 24.1. The van der Waals surface area contributed by atoms with E-state index in [1.165, 1.54) is 0 Å². The first-order valence-corrected chi connectivity index (χ1v) is 7.38. The monoisotopic (exact) mass is 297 g/mol. The molecule has 6 nitrogen and oxygen atoms in total. The van der Waals surface area contributed by atoms with Gasteiger partial charge in [-0.1, -0.05) is 19.1 Å². The van der Waals surface area contributed by atoms with Crippen molar-refractivity contribution in [3.8, 4) is 0 Å². The van der Waals surface area contributed by atoms with Gasteiger partial charge in [0, 0.05) is 11.9 Å². The molecule has 0 bridgehead atoms. The van der Waals surface area contributed by atoms with Gasteiger partial charge in [0.05, 0.1) is 23.4 Å². The van der Waals surface area contributed by atoms with Gasteiger partial charge >= 0.3 is 0 Å². The molecule has 0 unspecified atom stereocenters. The van der Waals surface area contributed by atoms with Crippen LogP contribution in [-0.2, 0) is 11.3 Å². The predicted molar refractivity (Wildman–Crippen MR) is 84.2 cm³/mol. The lowest BCUT2D eigenvalue weighted by molar-refractivity contribution is -0.122. The third kappa shape index (κ3) is 2.86. The molecule has 0 spiro atoms. The highest BCUT2D eigenvalue weighted by Crippen LogP contribution is 2.14. The van der Waals surface area contributed by atoms with Crippen LogP contribution in [0.3, 0.4) is 0 Å². The Hall–Kier alpha value is -2.63. The molecule has 6 heteroatoms. The number of imidazole rings is 2. The number of para-hydroxylation sites is 2. The summed E-state index contributed by atoms with van der Waals surface area (Å²) in [6, 6.07) is 7.67. The third-order valence-corrected chi connectivity index (χ3v) is 3.64. The first-order chi connectivity index (χ1) is 10.7. The highest BCUT2D eigenvalue weighted by atomic mass is 16.2. The molecule has 1 aromatic carbocycles. The van der Waals surface area contributed by atoms with Crippen LogP contribution < -0.4 is 5.32 Å². The molecule has 3 rings (SSSR count). The summed E-state index contributed by atoms with van der Waals surface area (Å²) in [6.07, 6.45) is 4.25. The van der Waals surface area contributed by atoms with Crippen molar-refractivity contribution in [3.63, 3.8) is 0 Å². The van der Waals surface area contributed by atoms with Gasteiger partial charge in [0.2, 0.25) is 5.91 Å². The van der Waals surface area contributed by atoms with Gasteiger partial charge < -0.3 is 14.9 Å². The molecule has 1 atom stereocenters. The number of carbonyl (C=O) groups excluding carboxylic acids is 1. The minimum absolute atomic E-state index is 0.0518. The highest BCUT2D eigenvalue weighted by molar-refractivity contribution is 5.80. The Balaban J connectivity index is 1.71. The SMILES string of the molecule is CC[C@@H](NC(=O)Cn1cnc2ccccc21)c1ncc(C)[nH]1. The number of rotatable bonds is 5. The van der Waals surface area contributed by atoms with Crippen LogP contribution >= 0.6 is 0 Å². The number of aryl methyl sites for hydroxylation is 1. The van der Waals surface area contributed by atoms with Crippen molar-refractivity contribution in [2.24, 2.45) is 0 Å². The average molecular weight is 297 g/mol. The zero-order chi connectivity index (χ0) is 15.5. The number of aromatic nitrogens is 4. The number of H-pyrrole nitrogens is 1. The van der Waals surface area contributed by atoms with Crippen LogP contribution in [0.15, 0.2) is 36.8 Å². The summed E-state index contributed by atoms with van der Waals surface area (Å²) in [5.41, 5.74) is 2.84. The zero-order valence-electron chi connectivity index (χ0n) is 12.7. The maximum Gasteiger partial charge on any atom is 0.240 e. The van der Waals surface area contributed by atoms with Crippen molar-refractivity contribution in [2.45, 2.75) is 32.9 Å². The molecule has 114 valence electrons. The van der Waals surface area contributed by atoms with E-state index in [9.17, 15) is 4.79 Å². The van der Waals surface area contributed by atoms with Gasteiger partial charge in [0.25, 0.3) is 0 Å². The van der Waals surface area contributed by atoms with E-state index in [1.54, 1.807) is 12.5 Å². The minimum atomic E-state index is -0.101. The van der Waals surface area contributed by atoms with Crippen molar-refractivity contribution >= 4 is 16.9 Å². The number of aromatic amines is 1. The van der Waals surface area contributed by atoms with Gasteiger partial charge in [-0.3, -0.25) is 4.79 Å². The quantitative estimate of drug-likeness (QED) is 0.759. The second-order valence-corrected chi connectivity index (χ2v) is 5.34. The second-order valence-electron chi connectivity index (χ2n) is 5.34. The Labute approximate surface area is 128 Å². The lowest BCUT2D eigenvalue weighted by Crippen LogP contribution is -2.31. The van der Waals surface area contributed by atoms with Crippen molar-refractivity contribution in [1.82, 2.24) is 24.8 Å². The predicted octanol–water partition coefficient (Wildman–Crippen LogP) is 2.34. The van der Waals surface area contributed by atoms with E-state index in [1.807, 2.05) is 42.7 Å². The number of carbonyl (C=O) groups is 1. The Bertz CT molecular complexity index is 789. The first-order valence-electron chi connectivity index (χ1n) is 7.38. The standard InChI is InChI=1S/C16H19N5O/c1-3-12(16-17-8-11(2)19-16)20-15(22)9-21-10-18-13-6-4-5-7-14(13)21/h4-8,10,12H,3,9H2,1-2H3,(H,17,19)(H,20,22)/t12-/m1/s1. The van der Waals surface area contributed by atoms with Gasteiger partial charge in [0.15, 0.2) is 0 Å². The summed E-state index contributed by atoms with van der Waals surface area (Å²) < 4.78 is 1.85. The first kappa shape index (κ1) is 14.3. The van der Waals surface area contributed by atoms with Gasteiger partial charge in [-0.25, -0.2) is 9.97 Å². The fourth-order valence-corrected chi connectivity index (χ4v) is 2.50. The highest BCUT2D eigenvalue weighted by Gasteiger charge is 2.16. The number of nitrogens with zero attached hydrogens (tertiary/aromatic N) is 3. The summed E-state index contributed by atoms with van der Waals surface area (Å²) in [5, 5.41) is 3.02. The molecule has 0 aliphatic rings. The van der Waals surface area contributed by atoms with E-state index >= 15 is 0 Å². The van der Waals surface area contributed by atoms with E-state index in [0.29, 0.717) is 0 Å². The number of benzene rings is 1. The van der Waals surface area contributed by atoms with Crippen LogP contribution in [0, 0.1) is 6.92 Å². The maximum atomic E-state index is 12.3. The zero-order valence-corrected chi connectivity index (χ0v) is 12.7. The molecule has 0 aliphatic carbocycles. The van der Waals surface area contributed by atoms with Crippen molar-refractivity contribution < 1.29 is 4.79 Å². The molecule has 2 N–H and O–H groups in total. The fourth-order valence-electron chi connectivity index (χ4n) is 2.50. The molecule has 2 heterocycles. The molecule has 0 fully saturated rings. The molecular formula is C16H19N5O. The van der Waals surface area contributed by atoms with E-state index in [0.717, 1.165) is 29.0 Å². The van der Waals surface area contributed by atoms with Gasteiger partial charge in [-0.05, 0) is 25.5 Å². The van der Waals surface area contributed by atoms with Crippen molar-refractivity contribution in [3.05, 3.63) is 48.3 Å². The maximum absolute atomic E-state index is 12.3. The molecule has 3 aromatic rings. The Morgan fingerprint density at radius 1 is 1.36 bits per heavy atom. The van der Waals surface area contributed by atoms with E-state index in [-0.39, 0.29) is 18.5 Å².